The third-order valence-electron chi connectivity index (χ3n) is 3.11. The summed E-state index contributed by atoms with van der Waals surface area (Å²) in [6.45, 7) is 17.1. The molecule has 0 radical (unpaired) electrons. The maximum Gasteiger partial charge on any atom is 0.191 e. The molecule has 0 amide bonds. The molecule has 0 unspecified atom stereocenters. The van der Waals surface area contributed by atoms with Gasteiger partial charge in [0, 0.05) is 38.3 Å². The van der Waals surface area contributed by atoms with Crippen LogP contribution in [0.15, 0.2) is 4.99 Å². The lowest BCUT2D eigenvalue weighted by atomic mass is 10.2. The van der Waals surface area contributed by atoms with Gasteiger partial charge in [-0.05, 0) is 41.0 Å². The van der Waals surface area contributed by atoms with Crippen LogP contribution in [-0.4, -0.2) is 49.1 Å². The van der Waals surface area contributed by atoms with Crippen molar-refractivity contribution in [1.82, 2.24) is 15.5 Å². The van der Waals surface area contributed by atoms with Crippen LogP contribution >= 0.6 is 0 Å². The van der Waals surface area contributed by atoms with Crippen LogP contribution in [0.2, 0.25) is 0 Å². The molecule has 0 bridgehead atoms. The number of hydrogen-bond donors (Lipinski definition) is 2. The lowest BCUT2D eigenvalue weighted by Crippen LogP contribution is -2.45. The second-order valence-electron chi connectivity index (χ2n) is 5.47. The van der Waals surface area contributed by atoms with Crippen molar-refractivity contribution in [2.24, 2.45) is 4.99 Å². The first kappa shape index (κ1) is 18.2. The Morgan fingerprint density at radius 1 is 1.05 bits per heavy atom. The maximum absolute atomic E-state index is 4.57. The molecule has 0 aromatic carbocycles. The molecule has 0 fully saturated rings. The van der Waals surface area contributed by atoms with Gasteiger partial charge in [0.2, 0.25) is 0 Å². The van der Waals surface area contributed by atoms with Crippen molar-refractivity contribution in [1.29, 1.82) is 0 Å². The Balaban J connectivity index is 4.13. The number of guanidine groups is 1. The summed E-state index contributed by atoms with van der Waals surface area (Å²) in [7, 11) is 0. The fraction of sp³-hybridized carbons (Fsp3) is 0.933. The van der Waals surface area contributed by atoms with Gasteiger partial charge < -0.3 is 10.6 Å². The summed E-state index contributed by atoms with van der Waals surface area (Å²) in [6.07, 6.45) is 2.35. The van der Waals surface area contributed by atoms with E-state index in [9.17, 15) is 0 Å². The largest absolute Gasteiger partial charge is 0.357 e. The van der Waals surface area contributed by atoms with Gasteiger partial charge in [-0.1, -0.05) is 13.3 Å². The summed E-state index contributed by atoms with van der Waals surface area (Å²) in [4.78, 5) is 7.05. The molecule has 0 aliphatic carbocycles. The Morgan fingerprint density at radius 2 is 1.68 bits per heavy atom. The van der Waals surface area contributed by atoms with E-state index in [1.165, 1.54) is 6.42 Å². The highest BCUT2D eigenvalue weighted by Crippen LogP contribution is 2.03. The van der Waals surface area contributed by atoms with Crippen molar-refractivity contribution in [2.45, 2.75) is 66.5 Å². The van der Waals surface area contributed by atoms with Gasteiger partial charge >= 0.3 is 0 Å². The number of unbranched alkanes of at least 4 members (excludes halogenated alkanes) is 1. The zero-order valence-corrected chi connectivity index (χ0v) is 13.8. The Bertz CT molecular complexity index is 228. The SMILES string of the molecule is CCCCN=C(NCC)NCCN(C(C)C)C(C)C. The van der Waals surface area contributed by atoms with E-state index in [-0.39, 0.29) is 0 Å². The molecule has 0 heterocycles. The number of nitrogens with zero attached hydrogens (tertiary/aromatic N) is 2. The molecule has 114 valence electrons. The number of aliphatic imine (C=N–C) groups is 1. The minimum absolute atomic E-state index is 0.585. The van der Waals surface area contributed by atoms with Crippen molar-refractivity contribution in [3.63, 3.8) is 0 Å². The van der Waals surface area contributed by atoms with Crippen LogP contribution in [0.5, 0.6) is 0 Å². The predicted octanol–water partition coefficient (Wildman–Crippen LogP) is 2.46. The molecule has 0 spiro atoms. The molecule has 0 aromatic heterocycles. The van der Waals surface area contributed by atoms with E-state index < -0.39 is 0 Å². The minimum atomic E-state index is 0.585. The molecular formula is C15H34N4. The van der Waals surface area contributed by atoms with Crippen LogP contribution in [0.25, 0.3) is 0 Å². The van der Waals surface area contributed by atoms with Gasteiger partial charge in [-0.3, -0.25) is 9.89 Å². The number of nitrogens with one attached hydrogen (secondary N) is 2. The fourth-order valence-electron chi connectivity index (χ4n) is 2.11. The lowest BCUT2D eigenvalue weighted by molar-refractivity contribution is 0.178. The highest BCUT2D eigenvalue weighted by molar-refractivity contribution is 5.79. The standard InChI is InChI=1S/C15H34N4/c1-7-9-10-17-15(16-8-2)18-11-12-19(13(3)4)14(5)6/h13-14H,7-12H2,1-6H3,(H2,16,17,18). The monoisotopic (exact) mass is 270 g/mol. The molecule has 0 saturated heterocycles. The van der Waals surface area contributed by atoms with E-state index in [4.69, 9.17) is 0 Å². The second-order valence-corrected chi connectivity index (χ2v) is 5.47. The third-order valence-corrected chi connectivity index (χ3v) is 3.11. The van der Waals surface area contributed by atoms with Gasteiger partial charge in [0.1, 0.15) is 0 Å². The molecule has 4 heteroatoms. The van der Waals surface area contributed by atoms with E-state index >= 15 is 0 Å². The Kier molecular flexibility index (Phi) is 10.6. The maximum atomic E-state index is 4.57. The van der Waals surface area contributed by atoms with Crippen LogP contribution in [0, 0.1) is 0 Å². The highest BCUT2D eigenvalue weighted by atomic mass is 15.2. The quantitative estimate of drug-likeness (QED) is 0.384. The summed E-state index contributed by atoms with van der Waals surface area (Å²) in [5.74, 6) is 0.948. The van der Waals surface area contributed by atoms with Gasteiger partial charge in [0.05, 0.1) is 0 Å². The molecule has 4 nitrogen and oxygen atoms in total. The normalized spacial score (nSPS) is 12.6. The molecule has 19 heavy (non-hydrogen) atoms. The molecule has 0 atom stereocenters. The Hall–Kier alpha value is -0.770. The average molecular weight is 270 g/mol. The van der Waals surface area contributed by atoms with Crippen LogP contribution in [-0.2, 0) is 0 Å². The first-order chi connectivity index (χ1) is 9.02. The van der Waals surface area contributed by atoms with Crippen molar-refractivity contribution >= 4 is 5.96 Å². The molecule has 0 rings (SSSR count). The van der Waals surface area contributed by atoms with E-state index in [0.717, 1.165) is 38.6 Å². The predicted molar refractivity (Wildman–Crippen MR) is 85.9 cm³/mol. The topological polar surface area (TPSA) is 39.7 Å². The Labute approximate surface area is 120 Å². The summed E-state index contributed by atoms with van der Waals surface area (Å²) in [5.41, 5.74) is 0. The fourth-order valence-corrected chi connectivity index (χ4v) is 2.11. The van der Waals surface area contributed by atoms with E-state index in [2.05, 4.69) is 62.1 Å². The van der Waals surface area contributed by atoms with Crippen molar-refractivity contribution in [3.05, 3.63) is 0 Å². The van der Waals surface area contributed by atoms with E-state index in [1.807, 2.05) is 0 Å². The van der Waals surface area contributed by atoms with Crippen LogP contribution < -0.4 is 10.6 Å². The first-order valence-corrected chi connectivity index (χ1v) is 7.80. The summed E-state index contributed by atoms with van der Waals surface area (Å²) < 4.78 is 0. The summed E-state index contributed by atoms with van der Waals surface area (Å²) >= 11 is 0. The zero-order chi connectivity index (χ0) is 14.7. The van der Waals surface area contributed by atoms with Gasteiger partial charge in [0.25, 0.3) is 0 Å². The van der Waals surface area contributed by atoms with Crippen molar-refractivity contribution in [2.75, 3.05) is 26.2 Å². The van der Waals surface area contributed by atoms with Gasteiger partial charge in [-0.15, -0.1) is 0 Å². The molecule has 0 aromatic rings. The van der Waals surface area contributed by atoms with Gasteiger partial charge in [-0.2, -0.15) is 0 Å². The van der Waals surface area contributed by atoms with E-state index in [0.29, 0.717) is 12.1 Å². The van der Waals surface area contributed by atoms with Crippen LogP contribution in [0.1, 0.15) is 54.4 Å². The third kappa shape index (κ3) is 8.87. The molecule has 0 saturated carbocycles. The lowest BCUT2D eigenvalue weighted by Gasteiger charge is -2.30. The molecular weight excluding hydrogens is 236 g/mol. The molecule has 2 N–H and O–H groups in total. The van der Waals surface area contributed by atoms with Crippen LogP contribution in [0.4, 0.5) is 0 Å². The van der Waals surface area contributed by atoms with Gasteiger partial charge in [-0.25, -0.2) is 0 Å². The van der Waals surface area contributed by atoms with Crippen LogP contribution in [0.3, 0.4) is 0 Å². The average Bonchev–Trinajstić information content (AvgIpc) is 2.33. The highest BCUT2D eigenvalue weighted by Gasteiger charge is 2.12. The summed E-state index contributed by atoms with van der Waals surface area (Å²) in [6, 6.07) is 1.17. The second kappa shape index (κ2) is 11.1. The van der Waals surface area contributed by atoms with Gasteiger partial charge in [0.15, 0.2) is 5.96 Å². The first-order valence-electron chi connectivity index (χ1n) is 7.80. The molecule has 0 aliphatic rings. The minimum Gasteiger partial charge on any atom is -0.357 e. The Morgan fingerprint density at radius 3 is 2.16 bits per heavy atom. The van der Waals surface area contributed by atoms with Crippen molar-refractivity contribution < 1.29 is 0 Å². The summed E-state index contributed by atoms with van der Waals surface area (Å²) in [5, 5.41) is 6.71. The smallest absolute Gasteiger partial charge is 0.191 e. The number of hydrogen-bond acceptors (Lipinski definition) is 2. The van der Waals surface area contributed by atoms with E-state index in [1.54, 1.807) is 0 Å². The number of rotatable bonds is 9. The molecule has 0 aliphatic heterocycles. The zero-order valence-electron chi connectivity index (χ0n) is 13.8. The van der Waals surface area contributed by atoms with Crippen molar-refractivity contribution in [3.8, 4) is 0 Å².